The minimum Gasteiger partial charge on any atom is -0.464 e. The Morgan fingerprint density at radius 1 is 1.15 bits per heavy atom. The van der Waals surface area contributed by atoms with Crippen LogP contribution in [0.2, 0.25) is 0 Å². The number of ether oxygens (including phenoxy) is 2. The van der Waals surface area contributed by atoms with Gasteiger partial charge in [0.1, 0.15) is 5.65 Å². The first kappa shape index (κ1) is 25.2. The summed E-state index contributed by atoms with van der Waals surface area (Å²) in [7, 11) is 2.92. The van der Waals surface area contributed by atoms with Crippen LogP contribution in [0.3, 0.4) is 0 Å². The third-order valence-corrected chi connectivity index (χ3v) is 5.64. The lowest BCUT2D eigenvalue weighted by atomic mass is 10.1. The van der Waals surface area contributed by atoms with Crippen molar-refractivity contribution in [3.05, 3.63) is 52.8 Å². The largest absolute Gasteiger partial charge is 0.464 e. The van der Waals surface area contributed by atoms with Gasteiger partial charge in [0.25, 0.3) is 0 Å². The number of nitrogens with zero attached hydrogens (tertiary/aromatic N) is 2. The standard InChI is InChI=1S/C26H34N4O4/c1-16(2)11-22(31)29-23-21-13-20(27-14-19-12-17(3)7-8-18(19)4)15-28-25(21)30(9-10-33-5)24(23)26(32)34-6/h7-8,12-13,15-16,27H,9-11,14H2,1-6H3,(H,29,31). The highest BCUT2D eigenvalue weighted by Crippen LogP contribution is 2.33. The second-order valence-electron chi connectivity index (χ2n) is 8.88. The summed E-state index contributed by atoms with van der Waals surface area (Å²) in [5, 5.41) is 7.04. The molecule has 3 rings (SSSR count). The van der Waals surface area contributed by atoms with E-state index in [9.17, 15) is 9.59 Å². The summed E-state index contributed by atoms with van der Waals surface area (Å²) in [4.78, 5) is 30.1. The zero-order valence-electron chi connectivity index (χ0n) is 20.8. The van der Waals surface area contributed by atoms with Gasteiger partial charge in [-0.15, -0.1) is 0 Å². The number of hydrogen-bond acceptors (Lipinski definition) is 6. The Bertz CT molecular complexity index is 1180. The Morgan fingerprint density at radius 2 is 1.91 bits per heavy atom. The summed E-state index contributed by atoms with van der Waals surface area (Å²) >= 11 is 0. The van der Waals surface area contributed by atoms with Crippen molar-refractivity contribution in [2.45, 2.75) is 47.2 Å². The average Bonchev–Trinajstić information content (AvgIpc) is 3.09. The molecular formula is C26H34N4O4. The van der Waals surface area contributed by atoms with E-state index >= 15 is 0 Å². The van der Waals surface area contributed by atoms with E-state index in [2.05, 4.69) is 47.7 Å². The Morgan fingerprint density at radius 3 is 2.59 bits per heavy atom. The van der Waals surface area contributed by atoms with E-state index in [1.807, 2.05) is 19.9 Å². The zero-order chi connectivity index (χ0) is 24.8. The van der Waals surface area contributed by atoms with E-state index in [0.29, 0.717) is 42.8 Å². The van der Waals surface area contributed by atoms with E-state index in [-0.39, 0.29) is 17.5 Å². The minimum atomic E-state index is -0.543. The highest BCUT2D eigenvalue weighted by molar-refractivity contribution is 6.11. The SMILES string of the molecule is COCCn1c(C(=O)OC)c(NC(=O)CC(C)C)c2cc(NCc3cc(C)ccc3C)cnc21. The normalized spacial score (nSPS) is 11.1. The molecule has 0 radical (unpaired) electrons. The van der Waals surface area contributed by atoms with Crippen LogP contribution in [0.1, 0.15) is 47.4 Å². The van der Waals surface area contributed by atoms with Crippen molar-refractivity contribution in [2.24, 2.45) is 5.92 Å². The van der Waals surface area contributed by atoms with Crippen molar-refractivity contribution in [2.75, 3.05) is 31.5 Å². The van der Waals surface area contributed by atoms with Gasteiger partial charge in [0.15, 0.2) is 5.69 Å². The summed E-state index contributed by atoms with van der Waals surface area (Å²) in [6.45, 7) is 9.49. The monoisotopic (exact) mass is 466 g/mol. The number of fused-ring (bicyclic) bond motifs is 1. The maximum Gasteiger partial charge on any atom is 0.356 e. The molecule has 34 heavy (non-hydrogen) atoms. The van der Waals surface area contributed by atoms with E-state index < -0.39 is 5.97 Å². The number of rotatable bonds is 10. The molecule has 1 aromatic carbocycles. The molecule has 2 heterocycles. The third kappa shape index (κ3) is 5.75. The van der Waals surface area contributed by atoms with E-state index in [4.69, 9.17) is 9.47 Å². The van der Waals surface area contributed by atoms with Crippen LogP contribution in [-0.2, 0) is 27.4 Å². The van der Waals surface area contributed by atoms with Crippen LogP contribution >= 0.6 is 0 Å². The predicted octanol–water partition coefficient (Wildman–Crippen LogP) is 4.68. The average molecular weight is 467 g/mol. The number of carbonyl (C=O) groups is 2. The molecule has 0 unspecified atom stereocenters. The summed E-state index contributed by atoms with van der Waals surface area (Å²) < 4.78 is 12.0. The minimum absolute atomic E-state index is 0.167. The van der Waals surface area contributed by atoms with Gasteiger partial charge in [0, 0.05) is 32.0 Å². The number of carbonyl (C=O) groups excluding carboxylic acids is 2. The molecule has 0 spiro atoms. The summed E-state index contributed by atoms with van der Waals surface area (Å²) in [6, 6.07) is 8.26. The van der Waals surface area contributed by atoms with Gasteiger partial charge in [-0.25, -0.2) is 9.78 Å². The van der Waals surface area contributed by atoms with Crippen LogP contribution in [-0.4, -0.2) is 42.3 Å². The van der Waals surface area contributed by atoms with Gasteiger partial charge in [-0.3, -0.25) is 4.79 Å². The molecule has 1 amide bonds. The second kappa shape index (κ2) is 11.2. The Hall–Kier alpha value is -3.39. The van der Waals surface area contributed by atoms with Crippen molar-refractivity contribution < 1.29 is 19.1 Å². The molecule has 3 aromatic rings. The Labute approximate surface area is 200 Å². The molecule has 0 atom stereocenters. The molecule has 2 aromatic heterocycles. The molecule has 0 fully saturated rings. The van der Waals surface area contributed by atoms with Crippen LogP contribution in [0.5, 0.6) is 0 Å². The number of aryl methyl sites for hydroxylation is 2. The Kier molecular flexibility index (Phi) is 8.28. The molecule has 182 valence electrons. The van der Waals surface area contributed by atoms with Crippen molar-refractivity contribution in [1.82, 2.24) is 9.55 Å². The first-order valence-electron chi connectivity index (χ1n) is 11.4. The molecule has 0 aliphatic rings. The molecule has 0 aliphatic heterocycles. The third-order valence-electron chi connectivity index (χ3n) is 5.64. The van der Waals surface area contributed by atoms with Gasteiger partial charge in [0.05, 0.1) is 31.3 Å². The summed E-state index contributed by atoms with van der Waals surface area (Å²) in [5.74, 6) is -0.533. The number of amides is 1. The fourth-order valence-corrected chi connectivity index (χ4v) is 3.91. The van der Waals surface area contributed by atoms with Gasteiger partial charge >= 0.3 is 5.97 Å². The molecule has 8 heteroatoms. The molecule has 0 bridgehead atoms. The van der Waals surface area contributed by atoms with Crippen LogP contribution in [0.4, 0.5) is 11.4 Å². The molecule has 2 N–H and O–H groups in total. The maximum absolute atomic E-state index is 12.8. The van der Waals surface area contributed by atoms with Crippen LogP contribution < -0.4 is 10.6 Å². The van der Waals surface area contributed by atoms with Gasteiger partial charge < -0.3 is 24.7 Å². The lowest BCUT2D eigenvalue weighted by Gasteiger charge is -2.11. The van der Waals surface area contributed by atoms with E-state index in [1.54, 1.807) is 17.9 Å². The van der Waals surface area contributed by atoms with Crippen LogP contribution in [0.15, 0.2) is 30.5 Å². The van der Waals surface area contributed by atoms with Crippen molar-refractivity contribution in [3.63, 3.8) is 0 Å². The number of benzene rings is 1. The topological polar surface area (TPSA) is 94.5 Å². The highest BCUT2D eigenvalue weighted by Gasteiger charge is 2.26. The lowest BCUT2D eigenvalue weighted by molar-refractivity contribution is -0.116. The first-order chi connectivity index (χ1) is 16.2. The number of hydrogen-bond donors (Lipinski definition) is 2. The van der Waals surface area contributed by atoms with Crippen molar-refractivity contribution in [1.29, 1.82) is 0 Å². The van der Waals surface area contributed by atoms with Gasteiger partial charge in [-0.1, -0.05) is 37.6 Å². The molecule has 8 nitrogen and oxygen atoms in total. The number of aromatic nitrogens is 2. The molecule has 0 saturated heterocycles. The second-order valence-corrected chi connectivity index (χ2v) is 8.88. The van der Waals surface area contributed by atoms with Gasteiger partial charge in [-0.2, -0.15) is 0 Å². The summed E-state index contributed by atoms with van der Waals surface area (Å²) in [6.07, 6.45) is 2.07. The smallest absolute Gasteiger partial charge is 0.356 e. The fourth-order valence-electron chi connectivity index (χ4n) is 3.91. The molecule has 0 saturated carbocycles. The van der Waals surface area contributed by atoms with Crippen molar-refractivity contribution in [3.8, 4) is 0 Å². The lowest BCUT2D eigenvalue weighted by Crippen LogP contribution is -2.19. The van der Waals surface area contributed by atoms with Crippen molar-refractivity contribution >= 4 is 34.3 Å². The van der Waals surface area contributed by atoms with Crippen LogP contribution in [0.25, 0.3) is 11.0 Å². The van der Waals surface area contributed by atoms with Crippen LogP contribution in [0, 0.1) is 19.8 Å². The number of pyridine rings is 1. The number of anilines is 2. The number of esters is 1. The number of methoxy groups -OCH3 is 2. The van der Waals surface area contributed by atoms with Gasteiger partial charge in [-0.05, 0) is 37.0 Å². The number of nitrogens with one attached hydrogen (secondary N) is 2. The summed E-state index contributed by atoms with van der Waals surface area (Å²) in [5.41, 5.74) is 5.62. The maximum atomic E-state index is 12.8. The van der Waals surface area contributed by atoms with E-state index in [0.717, 1.165) is 5.69 Å². The quantitative estimate of drug-likeness (QED) is 0.421. The Balaban J connectivity index is 2.06. The van der Waals surface area contributed by atoms with Gasteiger partial charge in [0.2, 0.25) is 5.91 Å². The highest BCUT2D eigenvalue weighted by atomic mass is 16.5. The van der Waals surface area contributed by atoms with E-state index in [1.165, 1.54) is 23.8 Å². The fraction of sp³-hybridized carbons (Fsp3) is 0.423. The zero-order valence-corrected chi connectivity index (χ0v) is 20.8. The first-order valence-corrected chi connectivity index (χ1v) is 11.4. The predicted molar refractivity (Wildman–Crippen MR) is 134 cm³/mol. The molecular weight excluding hydrogens is 432 g/mol. The molecule has 0 aliphatic carbocycles.